The molecule has 0 bridgehead atoms. The van der Waals surface area contributed by atoms with Gasteiger partial charge in [-0.3, -0.25) is 15.2 Å². The molecule has 1 amide bonds. The zero-order valence-electron chi connectivity index (χ0n) is 16.6. The monoisotopic (exact) mass is 417 g/mol. The second-order valence-corrected chi connectivity index (χ2v) is 9.82. The van der Waals surface area contributed by atoms with E-state index in [1.54, 1.807) is 18.2 Å². The number of carbonyl (C=O) groups excluding carboxylic acids is 1. The maximum atomic E-state index is 13.2. The van der Waals surface area contributed by atoms with Crippen LogP contribution in [0.25, 0.3) is 0 Å². The summed E-state index contributed by atoms with van der Waals surface area (Å²) in [5.41, 5.74) is 2.08. The van der Waals surface area contributed by atoms with Gasteiger partial charge in [0.15, 0.2) is 15.7 Å². The van der Waals surface area contributed by atoms with Gasteiger partial charge in [-0.05, 0) is 50.6 Å². The van der Waals surface area contributed by atoms with Crippen LogP contribution in [-0.4, -0.2) is 49.1 Å². The maximum Gasteiger partial charge on any atom is 0.226 e. The van der Waals surface area contributed by atoms with Gasteiger partial charge < -0.3 is 10.2 Å². The normalized spacial score (nSPS) is 19.8. The first-order valence-corrected chi connectivity index (χ1v) is 11.6. The zero-order valence-corrected chi connectivity index (χ0v) is 17.4. The molecule has 0 spiro atoms. The summed E-state index contributed by atoms with van der Waals surface area (Å²) in [5.74, 6) is 0.151. The predicted octanol–water partition coefficient (Wildman–Crippen LogP) is 2.11. The average Bonchev–Trinajstić information content (AvgIpc) is 3.30. The number of sulfone groups is 1. The molecule has 0 radical (unpaired) electrons. The minimum atomic E-state index is -3.66. The van der Waals surface area contributed by atoms with Gasteiger partial charge in [-0.2, -0.15) is 5.10 Å². The van der Waals surface area contributed by atoms with Crippen molar-refractivity contribution >= 4 is 21.6 Å². The van der Waals surface area contributed by atoms with Gasteiger partial charge in [0.05, 0.1) is 16.2 Å². The Kier molecular flexibility index (Phi) is 5.71. The Hall–Kier alpha value is -2.23. The second kappa shape index (κ2) is 8.25. The maximum absolute atomic E-state index is 13.2. The number of rotatable bonds is 6. The van der Waals surface area contributed by atoms with Crippen molar-refractivity contribution in [2.75, 3.05) is 25.0 Å². The number of benzene rings is 1. The van der Waals surface area contributed by atoms with Gasteiger partial charge in [0.2, 0.25) is 5.91 Å². The fourth-order valence-corrected chi connectivity index (χ4v) is 5.78. The van der Waals surface area contributed by atoms with Gasteiger partial charge in [0.25, 0.3) is 0 Å². The molecule has 3 heterocycles. The summed E-state index contributed by atoms with van der Waals surface area (Å²) in [7, 11) is -3.66. The summed E-state index contributed by atoms with van der Waals surface area (Å²) < 4.78 is 26.4. The highest BCUT2D eigenvalue weighted by molar-refractivity contribution is 7.91. The Labute approximate surface area is 171 Å². The Morgan fingerprint density at radius 1 is 1.28 bits per heavy atom. The van der Waals surface area contributed by atoms with Crippen LogP contribution in [0.4, 0.5) is 5.82 Å². The number of H-pyrrole nitrogens is 1. The van der Waals surface area contributed by atoms with Crippen LogP contribution < -0.4 is 10.6 Å². The van der Waals surface area contributed by atoms with E-state index in [0.29, 0.717) is 36.6 Å². The quantitative estimate of drug-likeness (QED) is 0.665. The smallest absolute Gasteiger partial charge is 0.226 e. The largest absolute Gasteiger partial charge is 0.309 e. The lowest BCUT2D eigenvalue weighted by atomic mass is 10.1. The van der Waals surface area contributed by atoms with Crippen molar-refractivity contribution < 1.29 is 13.2 Å². The van der Waals surface area contributed by atoms with E-state index in [4.69, 9.17) is 0 Å². The number of amides is 1. The summed E-state index contributed by atoms with van der Waals surface area (Å²) in [5, 5.41) is 12.0. The Morgan fingerprint density at radius 2 is 2.07 bits per heavy atom. The molecule has 1 aromatic carbocycles. The molecule has 2 aliphatic heterocycles. The van der Waals surface area contributed by atoms with Gasteiger partial charge in [-0.1, -0.05) is 18.6 Å². The Bertz CT molecular complexity index is 995. The van der Waals surface area contributed by atoms with Crippen molar-refractivity contribution in [3.63, 3.8) is 0 Å². The molecular weight excluding hydrogens is 390 g/mol. The number of nitrogens with one attached hydrogen (secondary N) is 3. The van der Waals surface area contributed by atoms with Gasteiger partial charge in [0.1, 0.15) is 5.37 Å². The van der Waals surface area contributed by atoms with Crippen molar-refractivity contribution in [3.05, 3.63) is 41.1 Å². The zero-order chi connectivity index (χ0) is 20.4. The number of carbonyl (C=O) groups is 1. The van der Waals surface area contributed by atoms with Crippen LogP contribution in [0, 0.1) is 6.92 Å². The van der Waals surface area contributed by atoms with Crippen LogP contribution in [0.15, 0.2) is 29.2 Å². The van der Waals surface area contributed by atoms with Crippen LogP contribution in [0.2, 0.25) is 0 Å². The van der Waals surface area contributed by atoms with Gasteiger partial charge >= 0.3 is 0 Å². The summed E-state index contributed by atoms with van der Waals surface area (Å²) in [4.78, 5) is 15.0. The predicted molar refractivity (Wildman–Crippen MR) is 110 cm³/mol. The van der Waals surface area contributed by atoms with E-state index in [1.807, 2.05) is 13.0 Å². The molecule has 4 rings (SSSR count). The van der Waals surface area contributed by atoms with Crippen molar-refractivity contribution in [2.24, 2.45) is 0 Å². The summed E-state index contributed by atoms with van der Waals surface area (Å²) in [6.07, 6.45) is 3.98. The van der Waals surface area contributed by atoms with Crippen molar-refractivity contribution in [2.45, 2.75) is 49.4 Å². The molecule has 1 fully saturated rings. The van der Waals surface area contributed by atoms with Gasteiger partial charge in [0, 0.05) is 19.5 Å². The van der Waals surface area contributed by atoms with Crippen molar-refractivity contribution in [1.82, 2.24) is 20.4 Å². The van der Waals surface area contributed by atoms with Crippen LogP contribution in [0.1, 0.15) is 47.9 Å². The van der Waals surface area contributed by atoms with Gasteiger partial charge in [-0.15, -0.1) is 0 Å². The van der Waals surface area contributed by atoms with E-state index in [1.165, 1.54) is 19.3 Å². The fraction of sp³-hybridized carbons (Fsp3) is 0.500. The number of piperidine rings is 1. The lowest BCUT2D eigenvalue weighted by Gasteiger charge is -2.25. The second-order valence-electron chi connectivity index (χ2n) is 7.79. The summed E-state index contributed by atoms with van der Waals surface area (Å²) in [6.45, 7) is 5.00. The van der Waals surface area contributed by atoms with Crippen LogP contribution in [0.3, 0.4) is 0 Å². The molecule has 1 saturated heterocycles. The molecule has 2 aromatic rings. The number of aromatic amines is 1. The van der Waals surface area contributed by atoms with Crippen LogP contribution in [0.5, 0.6) is 0 Å². The lowest BCUT2D eigenvalue weighted by Crippen LogP contribution is -2.32. The van der Waals surface area contributed by atoms with E-state index in [2.05, 4.69) is 25.7 Å². The summed E-state index contributed by atoms with van der Waals surface area (Å²) in [6, 6.07) is 6.85. The molecule has 0 aliphatic carbocycles. The highest BCUT2D eigenvalue weighted by Crippen LogP contribution is 2.37. The third-order valence-electron chi connectivity index (χ3n) is 5.60. The third kappa shape index (κ3) is 4.22. The van der Waals surface area contributed by atoms with E-state index in [-0.39, 0.29) is 10.8 Å². The molecule has 3 N–H and O–H groups in total. The number of likely N-dealkylation sites (tertiary alicyclic amines) is 1. The van der Waals surface area contributed by atoms with Crippen LogP contribution in [-0.2, 0) is 21.2 Å². The molecule has 9 heteroatoms. The molecule has 1 atom stereocenters. The van der Waals surface area contributed by atoms with E-state index in [9.17, 15) is 13.2 Å². The average molecular weight is 418 g/mol. The topological polar surface area (TPSA) is 107 Å². The number of hydrogen-bond acceptors (Lipinski definition) is 6. The third-order valence-corrected chi connectivity index (χ3v) is 7.53. The number of aryl methyl sites for hydroxylation is 1. The highest BCUT2D eigenvalue weighted by Gasteiger charge is 2.38. The SMILES string of the molecule is Cc1cccc(S(=O)(=O)C2NCc3[nH]nc(NC(=O)CCN4CCCCC4)c32)c1. The van der Waals surface area contributed by atoms with E-state index in [0.717, 1.165) is 18.7 Å². The molecule has 1 unspecified atom stereocenters. The molecule has 0 saturated carbocycles. The van der Waals surface area contributed by atoms with Crippen molar-refractivity contribution in [1.29, 1.82) is 0 Å². The van der Waals surface area contributed by atoms with E-state index >= 15 is 0 Å². The molecule has 156 valence electrons. The lowest BCUT2D eigenvalue weighted by molar-refractivity contribution is -0.116. The number of hydrogen-bond donors (Lipinski definition) is 3. The molecule has 8 nitrogen and oxygen atoms in total. The standard InChI is InChI=1S/C20H27N5O3S/c1-14-6-5-7-15(12-14)29(27,28)20-18-16(13-21-20)23-24-19(18)22-17(26)8-11-25-9-3-2-4-10-25/h5-7,12,20-21H,2-4,8-11,13H2,1H3,(H2,22,23,24,26). The Morgan fingerprint density at radius 3 is 2.83 bits per heavy atom. The molecule has 29 heavy (non-hydrogen) atoms. The minimum absolute atomic E-state index is 0.150. The number of nitrogens with zero attached hydrogens (tertiary/aromatic N) is 2. The fourth-order valence-electron chi connectivity index (χ4n) is 4.03. The molecular formula is C20H27N5O3S. The van der Waals surface area contributed by atoms with E-state index < -0.39 is 15.2 Å². The summed E-state index contributed by atoms with van der Waals surface area (Å²) >= 11 is 0. The van der Waals surface area contributed by atoms with Crippen LogP contribution >= 0.6 is 0 Å². The first-order chi connectivity index (χ1) is 13.9. The van der Waals surface area contributed by atoms with Gasteiger partial charge in [-0.25, -0.2) is 8.42 Å². The highest BCUT2D eigenvalue weighted by atomic mass is 32.2. The first kappa shape index (κ1) is 20.1. The minimum Gasteiger partial charge on any atom is -0.309 e. The number of aromatic nitrogens is 2. The molecule has 2 aliphatic rings. The Balaban J connectivity index is 1.49. The van der Waals surface area contributed by atoms with Crippen molar-refractivity contribution in [3.8, 4) is 0 Å². The molecule has 1 aromatic heterocycles. The number of fused-ring (bicyclic) bond motifs is 1. The number of anilines is 1. The first-order valence-electron chi connectivity index (χ1n) is 10.1.